The average Bonchev–Trinajstić information content (AvgIpc) is 2.57. The molecule has 0 radical (unpaired) electrons. The first-order valence-corrected chi connectivity index (χ1v) is 8.29. The summed E-state index contributed by atoms with van der Waals surface area (Å²) in [5.74, 6) is -0.276. The molecule has 0 saturated carbocycles. The number of nitrogens with one attached hydrogen (secondary N) is 2. The third-order valence-electron chi connectivity index (χ3n) is 3.75. The fourth-order valence-corrected chi connectivity index (χ4v) is 2.62. The van der Waals surface area contributed by atoms with E-state index in [1.807, 2.05) is 54.6 Å². The van der Waals surface area contributed by atoms with Crippen molar-refractivity contribution in [1.29, 1.82) is 0 Å². The third kappa shape index (κ3) is 5.54. The summed E-state index contributed by atoms with van der Waals surface area (Å²) in [6, 6.07) is 17.1. The van der Waals surface area contributed by atoms with Crippen LogP contribution in [0.1, 0.15) is 43.9 Å². The first kappa shape index (κ1) is 17.7. The number of carbonyl (C=O) groups excluding carboxylic acids is 2. The Morgan fingerprint density at radius 3 is 2.25 bits per heavy atom. The van der Waals surface area contributed by atoms with Gasteiger partial charge >= 0.3 is 0 Å². The molecule has 2 amide bonds. The molecule has 0 aliphatic heterocycles. The van der Waals surface area contributed by atoms with Crippen LogP contribution in [0.5, 0.6) is 0 Å². The quantitative estimate of drug-likeness (QED) is 0.813. The van der Waals surface area contributed by atoms with Gasteiger partial charge in [0.15, 0.2) is 0 Å². The number of amides is 2. The zero-order chi connectivity index (χ0) is 17.4. The average molecular weight is 324 g/mol. The van der Waals surface area contributed by atoms with Crippen LogP contribution >= 0.6 is 0 Å². The molecule has 0 aliphatic carbocycles. The molecule has 24 heavy (non-hydrogen) atoms. The lowest BCUT2D eigenvalue weighted by Gasteiger charge is -2.18. The van der Waals surface area contributed by atoms with E-state index in [9.17, 15) is 9.59 Å². The molecule has 1 atom stereocenters. The van der Waals surface area contributed by atoms with Crippen molar-refractivity contribution in [2.75, 3.05) is 5.32 Å². The summed E-state index contributed by atoms with van der Waals surface area (Å²) in [4.78, 5) is 23.7. The number of hydrogen-bond acceptors (Lipinski definition) is 2. The summed E-state index contributed by atoms with van der Waals surface area (Å²) in [5, 5.41) is 5.73. The highest BCUT2D eigenvalue weighted by Crippen LogP contribution is 2.18. The SMILES string of the molecule is CCCc1ccc(NC(=O)CC(NC(C)=O)c2ccccc2)cc1. The van der Waals surface area contributed by atoms with Gasteiger partial charge in [-0.25, -0.2) is 0 Å². The molecule has 126 valence electrons. The van der Waals surface area contributed by atoms with E-state index in [4.69, 9.17) is 0 Å². The molecule has 2 rings (SSSR count). The molecule has 0 bridgehead atoms. The van der Waals surface area contributed by atoms with Crippen LogP contribution < -0.4 is 10.6 Å². The minimum absolute atomic E-state index is 0.124. The summed E-state index contributed by atoms with van der Waals surface area (Å²) < 4.78 is 0. The van der Waals surface area contributed by atoms with Crippen molar-refractivity contribution in [3.05, 3.63) is 65.7 Å². The lowest BCUT2D eigenvalue weighted by Crippen LogP contribution is -2.29. The van der Waals surface area contributed by atoms with Gasteiger partial charge in [-0.2, -0.15) is 0 Å². The second-order valence-corrected chi connectivity index (χ2v) is 5.86. The second kappa shape index (κ2) is 8.87. The van der Waals surface area contributed by atoms with Gasteiger partial charge in [-0.1, -0.05) is 55.8 Å². The molecule has 0 spiro atoms. The number of hydrogen-bond donors (Lipinski definition) is 2. The van der Waals surface area contributed by atoms with Crippen molar-refractivity contribution in [2.45, 2.75) is 39.2 Å². The topological polar surface area (TPSA) is 58.2 Å². The maximum Gasteiger partial charge on any atom is 0.226 e. The lowest BCUT2D eigenvalue weighted by atomic mass is 10.0. The number of rotatable bonds is 7. The first-order chi connectivity index (χ1) is 11.6. The highest BCUT2D eigenvalue weighted by atomic mass is 16.2. The van der Waals surface area contributed by atoms with Crippen molar-refractivity contribution in [3.8, 4) is 0 Å². The van der Waals surface area contributed by atoms with Crippen molar-refractivity contribution < 1.29 is 9.59 Å². The summed E-state index contributed by atoms with van der Waals surface area (Å²) in [6.45, 7) is 3.60. The van der Waals surface area contributed by atoms with Crippen molar-refractivity contribution in [3.63, 3.8) is 0 Å². The van der Waals surface area contributed by atoms with E-state index in [1.165, 1.54) is 12.5 Å². The zero-order valence-electron chi connectivity index (χ0n) is 14.2. The zero-order valence-corrected chi connectivity index (χ0v) is 14.2. The third-order valence-corrected chi connectivity index (χ3v) is 3.75. The molecule has 0 aliphatic rings. The van der Waals surface area contributed by atoms with E-state index in [2.05, 4.69) is 17.6 Å². The largest absolute Gasteiger partial charge is 0.349 e. The van der Waals surface area contributed by atoms with Gasteiger partial charge in [0, 0.05) is 12.6 Å². The van der Waals surface area contributed by atoms with E-state index >= 15 is 0 Å². The smallest absolute Gasteiger partial charge is 0.226 e. The van der Waals surface area contributed by atoms with E-state index in [-0.39, 0.29) is 24.3 Å². The second-order valence-electron chi connectivity index (χ2n) is 5.86. The van der Waals surface area contributed by atoms with Crippen molar-refractivity contribution in [2.24, 2.45) is 0 Å². The number of anilines is 1. The maximum atomic E-state index is 12.3. The van der Waals surface area contributed by atoms with Crippen molar-refractivity contribution >= 4 is 17.5 Å². The molecule has 4 nitrogen and oxygen atoms in total. The van der Waals surface area contributed by atoms with Crippen LogP contribution in [0.15, 0.2) is 54.6 Å². The van der Waals surface area contributed by atoms with Gasteiger partial charge in [0.2, 0.25) is 11.8 Å². The Kier molecular flexibility index (Phi) is 6.55. The van der Waals surface area contributed by atoms with Crippen molar-refractivity contribution in [1.82, 2.24) is 5.32 Å². The normalized spacial score (nSPS) is 11.6. The van der Waals surface area contributed by atoms with Crippen LogP contribution in [0.4, 0.5) is 5.69 Å². The lowest BCUT2D eigenvalue weighted by molar-refractivity contribution is -0.120. The van der Waals surface area contributed by atoms with Crippen LogP contribution in [-0.2, 0) is 16.0 Å². The van der Waals surface area contributed by atoms with Gasteiger partial charge in [0.05, 0.1) is 12.5 Å². The summed E-state index contributed by atoms with van der Waals surface area (Å²) in [5.41, 5.74) is 2.95. The fraction of sp³-hybridized carbons (Fsp3) is 0.300. The Bertz CT molecular complexity index is 666. The molecule has 0 aromatic heterocycles. The summed E-state index contributed by atoms with van der Waals surface area (Å²) in [6.07, 6.45) is 2.33. The number of carbonyl (C=O) groups is 2. The van der Waals surface area contributed by atoms with E-state index in [0.717, 1.165) is 24.1 Å². The van der Waals surface area contributed by atoms with Crippen LogP contribution in [0.25, 0.3) is 0 Å². The van der Waals surface area contributed by atoms with Gasteiger partial charge in [-0.05, 0) is 29.7 Å². The highest BCUT2D eigenvalue weighted by molar-refractivity contribution is 5.91. The van der Waals surface area contributed by atoms with E-state index in [1.54, 1.807) is 0 Å². The van der Waals surface area contributed by atoms with Gasteiger partial charge in [-0.3, -0.25) is 9.59 Å². The van der Waals surface area contributed by atoms with Crippen LogP contribution in [0.3, 0.4) is 0 Å². The van der Waals surface area contributed by atoms with Gasteiger partial charge in [-0.15, -0.1) is 0 Å². The Labute approximate surface area is 143 Å². The van der Waals surface area contributed by atoms with Gasteiger partial charge < -0.3 is 10.6 Å². The maximum absolute atomic E-state index is 12.3. The number of aryl methyl sites for hydroxylation is 1. The Morgan fingerprint density at radius 2 is 1.67 bits per heavy atom. The molecule has 2 aromatic rings. The fourth-order valence-electron chi connectivity index (χ4n) is 2.62. The minimum atomic E-state index is -0.330. The molecule has 1 unspecified atom stereocenters. The Balaban J connectivity index is 2.00. The van der Waals surface area contributed by atoms with E-state index < -0.39 is 0 Å². The van der Waals surface area contributed by atoms with Gasteiger partial charge in [0.25, 0.3) is 0 Å². The first-order valence-electron chi connectivity index (χ1n) is 8.29. The monoisotopic (exact) mass is 324 g/mol. The molecule has 2 N–H and O–H groups in total. The summed E-state index contributed by atoms with van der Waals surface area (Å²) >= 11 is 0. The standard InChI is InChI=1S/C20H24N2O2/c1-3-7-16-10-12-18(13-11-16)22-20(24)14-19(21-15(2)23)17-8-5-4-6-9-17/h4-6,8-13,19H,3,7,14H2,1-2H3,(H,21,23)(H,22,24). The predicted octanol–water partition coefficient (Wildman–Crippen LogP) is 3.85. The van der Waals surface area contributed by atoms with Crippen LogP contribution in [0.2, 0.25) is 0 Å². The Hall–Kier alpha value is -2.62. The summed E-state index contributed by atoms with van der Waals surface area (Å²) in [7, 11) is 0. The predicted molar refractivity (Wildman–Crippen MR) is 96.7 cm³/mol. The molecular formula is C20H24N2O2. The highest BCUT2D eigenvalue weighted by Gasteiger charge is 2.17. The van der Waals surface area contributed by atoms with Gasteiger partial charge in [0.1, 0.15) is 0 Å². The number of benzene rings is 2. The van der Waals surface area contributed by atoms with Crippen LogP contribution in [-0.4, -0.2) is 11.8 Å². The van der Waals surface area contributed by atoms with Crippen LogP contribution in [0, 0.1) is 0 Å². The molecule has 0 fully saturated rings. The van der Waals surface area contributed by atoms with E-state index in [0.29, 0.717) is 0 Å². The molecular weight excluding hydrogens is 300 g/mol. The molecule has 2 aromatic carbocycles. The Morgan fingerprint density at radius 1 is 1.00 bits per heavy atom. The molecule has 4 heteroatoms. The minimum Gasteiger partial charge on any atom is -0.349 e. The molecule has 0 saturated heterocycles. The molecule has 0 heterocycles.